The summed E-state index contributed by atoms with van der Waals surface area (Å²) >= 11 is 0. The van der Waals surface area contributed by atoms with Crippen LogP contribution in [0.5, 0.6) is 0 Å². The van der Waals surface area contributed by atoms with Crippen molar-refractivity contribution in [2.45, 2.75) is 25.2 Å². The zero-order valence-corrected chi connectivity index (χ0v) is 8.24. The molecule has 1 fully saturated rings. The maximum atomic E-state index is 10.4. The van der Waals surface area contributed by atoms with E-state index in [1.54, 1.807) is 10.7 Å². The number of carbonyl (C=O) groups is 1. The predicted octanol–water partition coefficient (Wildman–Crippen LogP) is 1.56. The fourth-order valence-corrected chi connectivity index (χ4v) is 1.65. The highest BCUT2D eigenvalue weighted by Gasteiger charge is 2.41. The van der Waals surface area contributed by atoms with E-state index >= 15 is 0 Å². The average molecular weight is 195 g/mol. The molecular weight excluding hydrogens is 182 g/mol. The minimum atomic E-state index is -1.07. The van der Waals surface area contributed by atoms with Crippen LogP contribution in [-0.2, 0) is 12.5 Å². The lowest BCUT2D eigenvalue weighted by Crippen LogP contribution is -2.08. The molecule has 1 aliphatic carbocycles. The van der Waals surface area contributed by atoms with Crippen LogP contribution in [0.4, 0.5) is 10.6 Å². The van der Waals surface area contributed by atoms with Crippen molar-refractivity contribution in [1.82, 2.24) is 9.78 Å². The number of carboxylic acid groups (broad SMARTS) is 1. The van der Waals surface area contributed by atoms with Gasteiger partial charge in [0, 0.05) is 24.2 Å². The van der Waals surface area contributed by atoms with E-state index in [1.165, 1.54) is 0 Å². The summed E-state index contributed by atoms with van der Waals surface area (Å²) in [4.78, 5) is 10.4. The van der Waals surface area contributed by atoms with Crippen LogP contribution in [0.15, 0.2) is 6.07 Å². The first kappa shape index (κ1) is 9.05. The second-order valence-corrected chi connectivity index (χ2v) is 4.03. The Labute approximate surface area is 81.7 Å². The lowest BCUT2D eigenvalue weighted by molar-refractivity contribution is 0.209. The molecule has 0 spiro atoms. The molecule has 76 valence electrons. The Bertz CT molecular complexity index is 379. The van der Waals surface area contributed by atoms with Crippen LogP contribution in [-0.4, -0.2) is 21.0 Å². The minimum absolute atomic E-state index is 0.209. The van der Waals surface area contributed by atoms with Gasteiger partial charge in [-0.2, -0.15) is 5.10 Å². The van der Waals surface area contributed by atoms with E-state index < -0.39 is 6.09 Å². The largest absolute Gasteiger partial charge is 0.465 e. The van der Waals surface area contributed by atoms with Gasteiger partial charge in [0.2, 0.25) is 0 Å². The van der Waals surface area contributed by atoms with Crippen LogP contribution >= 0.6 is 0 Å². The third-order valence-electron chi connectivity index (χ3n) is 2.73. The van der Waals surface area contributed by atoms with Crippen molar-refractivity contribution in [1.29, 1.82) is 0 Å². The number of rotatable bonds is 2. The smallest absolute Gasteiger partial charge is 0.410 e. The molecule has 1 amide bonds. The Balaban J connectivity index is 2.26. The summed E-state index contributed by atoms with van der Waals surface area (Å²) in [6.45, 7) is 2.16. The molecule has 5 nitrogen and oxygen atoms in total. The molecule has 1 heterocycles. The van der Waals surface area contributed by atoms with Crippen molar-refractivity contribution < 1.29 is 9.90 Å². The third kappa shape index (κ3) is 1.45. The summed E-state index contributed by atoms with van der Waals surface area (Å²) < 4.78 is 1.75. The number of aryl methyl sites for hydroxylation is 1. The van der Waals surface area contributed by atoms with E-state index in [-0.39, 0.29) is 5.41 Å². The molecule has 5 heteroatoms. The zero-order chi connectivity index (χ0) is 10.3. The molecule has 0 unspecified atom stereocenters. The average Bonchev–Trinajstić information content (AvgIpc) is 2.68. The van der Waals surface area contributed by atoms with Crippen molar-refractivity contribution in [3.63, 3.8) is 0 Å². The molecule has 1 saturated carbocycles. The number of hydrogen-bond donors (Lipinski definition) is 2. The number of nitrogens with one attached hydrogen (secondary N) is 1. The van der Waals surface area contributed by atoms with E-state index in [2.05, 4.69) is 17.3 Å². The molecule has 0 bridgehead atoms. The maximum absolute atomic E-state index is 10.4. The van der Waals surface area contributed by atoms with Gasteiger partial charge in [0.25, 0.3) is 0 Å². The Morgan fingerprint density at radius 1 is 1.71 bits per heavy atom. The molecule has 1 aromatic rings. The molecule has 2 rings (SSSR count). The van der Waals surface area contributed by atoms with Crippen LogP contribution in [0.2, 0.25) is 0 Å². The van der Waals surface area contributed by atoms with Crippen LogP contribution < -0.4 is 5.32 Å². The fraction of sp³-hybridized carbons (Fsp3) is 0.556. The van der Waals surface area contributed by atoms with Crippen molar-refractivity contribution >= 4 is 11.9 Å². The SMILES string of the molecule is Cn1nc(NC(=O)O)cc1C1(C)CC1. The summed E-state index contributed by atoms with van der Waals surface area (Å²) in [5.41, 5.74) is 1.31. The number of amides is 1. The summed E-state index contributed by atoms with van der Waals surface area (Å²) in [7, 11) is 1.84. The van der Waals surface area contributed by atoms with Gasteiger partial charge in [-0.3, -0.25) is 10.00 Å². The first-order valence-corrected chi connectivity index (χ1v) is 4.56. The van der Waals surface area contributed by atoms with Crippen LogP contribution in [0.1, 0.15) is 25.5 Å². The summed E-state index contributed by atoms with van der Waals surface area (Å²) in [5.74, 6) is 0.406. The Morgan fingerprint density at radius 2 is 2.36 bits per heavy atom. The van der Waals surface area contributed by atoms with Crippen LogP contribution in [0.3, 0.4) is 0 Å². The van der Waals surface area contributed by atoms with Crippen molar-refractivity contribution in [3.8, 4) is 0 Å². The summed E-state index contributed by atoms with van der Waals surface area (Å²) in [5, 5.41) is 14.9. The van der Waals surface area contributed by atoms with Gasteiger partial charge < -0.3 is 5.11 Å². The molecule has 2 N–H and O–H groups in total. The van der Waals surface area contributed by atoms with E-state index in [1.807, 2.05) is 7.05 Å². The van der Waals surface area contributed by atoms with Gasteiger partial charge in [-0.1, -0.05) is 6.92 Å². The van der Waals surface area contributed by atoms with E-state index in [0.29, 0.717) is 5.82 Å². The molecule has 0 atom stereocenters. The molecule has 14 heavy (non-hydrogen) atoms. The first-order chi connectivity index (χ1) is 6.51. The summed E-state index contributed by atoms with van der Waals surface area (Å²) in [6.07, 6.45) is 1.23. The number of aromatic nitrogens is 2. The van der Waals surface area contributed by atoms with Crippen LogP contribution in [0.25, 0.3) is 0 Å². The Morgan fingerprint density at radius 3 is 2.86 bits per heavy atom. The lowest BCUT2D eigenvalue weighted by atomic mass is 10.1. The maximum Gasteiger partial charge on any atom is 0.410 e. The zero-order valence-electron chi connectivity index (χ0n) is 8.24. The standard InChI is InChI=1S/C9H13N3O2/c1-9(3-4-9)6-5-7(10-8(13)14)11-12(6)2/h5H,3-4H2,1-2H3,(H,10,11)(H,13,14). The van der Waals surface area contributed by atoms with Crippen molar-refractivity contribution in [2.75, 3.05) is 5.32 Å². The number of nitrogens with zero attached hydrogens (tertiary/aromatic N) is 2. The van der Waals surface area contributed by atoms with E-state index in [4.69, 9.17) is 5.11 Å². The van der Waals surface area contributed by atoms with E-state index in [0.717, 1.165) is 18.5 Å². The number of hydrogen-bond acceptors (Lipinski definition) is 2. The van der Waals surface area contributed by atoms with Gasteiger partial charge in [-0.05, 0) is 12.8 Å². The highest BCUT2D eigenvalue weighted by Crippen LogP contribution is 2.47. The molecule has 0 radical (unpaired) electrons. The molecule has 0 aromatic carbocycles. The fourth-order valence-electron chi connectivity index (χ4n) is 1.65. The Kier molecular flexibility index (Phi) is 1.77. The first-order valence-electron chi connectivity index (χ1n) is 4.56. The second-order valence-electron chi connectivity index (χ2n) is 4.03. The van der Waals surface area contributed by atoms with E-state index in [9.17, 15) is 4.79 Å². The van der Waals surface area contributed by atoms with Gasteiger partial charge in [-0.25, -0.2) is 4.79 Å². The third-order valence-corrected chi connectivity index (χ3v) is 2.73. The molecule has 0 saturated heterocycles. The molecule has 0 aliphatic heterocycles. The summed E-state index contributed by atoms with van der Waals surface area (Å²) in [6, 6.07) is 1.81. The van der Waals surface area contributed by atoms with Gasteiger partial charge in [0.05, 0.1) is 0 Å². The topological polar surface area (TPSA) is 67.2 Å². The highest BCUT2D eigenvalue weighted by atomic mass is 16.4. The Hall–Kier alpha value is -1.52. The molecule has 1 aliphatic rings. The quantitative estimate of drug-likeness (QED) is 0.752. The van der Waals surface area contributed by atoms with Crippen molar-refractivity contribution in [3.05, 3.63) is 11.8 Å². The molecular formula is C9H13N3O2. The predicted molar refractivity (Wildman–Crippen MR) is 51.4 cm³/mol. The minimum Gasteiger partial charge on any atom is -0.465 e. The molecule has 1 aromatic heterocycles. The lowest BCUT2D eigenvalue weighted by Gasteiger charge is -2.06. The monoisotopic (exact) mass is 195 g/mol. The highest BCUT2D eigenvalue weighted by molar-refractivity contribution is 5.81. The van der Waals surface area contributed by atoms with Crippen molar-refractivity contribution in [2.24, 2.45) is 7.05 Å². The van der Waals surface area contributed by atoms with Gasteiger partial charge >= 0.3 is 6.09 Å². The normalized spacial score (nSPS) is 17.9. The van der Waals surface area contributed by atoms with Crippen LogP contribution in [0, 0.1) is 0 Å². The number of anilines is 1. The second kappa shape index (κ2) is 2.73. The van der Waals surface area contributed by atoms with Gasteiger partial charge in [0.1, 0.15) is 0 Å². The van der Waals surface area contributed by atoms with Gasteiger partial charge in [0.15, 0.2) is 5.82 Å². The van der Waals surface area contributed by atoms with Gasteiger partial charge in [-0.15, -0.1) is 0 Å².